The minimum Gasteiger partial charge on any atom is -0.492 e. The molecule has 0 radical (unpaired) electrons. The lowest BCUT2D eigenvalue weighted by Gasteiger charge is -2.37. The van der Waals surface area contributed by atoms with Gasteiger partial charge in [0.05, 0.1) is 15.8 Å². The predicted octanol–water partition coefficient (Wildman–Crippen LogP) is 2.30. The highest BCUT2D eigenvalue weighted by molar-refractivity contribution is 7.17. The van der Waals surface area contributed by atoms with Gasteiger partial charge in [-0.25, -0.2) is 4.98 Å². The van der Waals surface area contributed by atoms with Crippen LogP contribution in [0.1, 0.15) is 29.2 Å². The molecular formula is C18H22N6O3S. The van der Waals surface area contributed by atoms with Gasteiger partial charge in [-0.1, -0.05) is 30.4 Å². The summed E-state index contributed by atoms with van der Waals surface area (Å²) in [6, 6.07) is 6.37. The fourth-order valence-corrected chi connectivity index (χ4v) is 4.64. The molecule has 0 saturated carbocycles. The lowest BCUT2D eigenvalue weighted by Crippen LogP contribution is -2.46. The molecule has 0 aliphatic carbocycles. The number of thiazole rings is 1. The Bertz CT molecular complexity index is 991. The van der Waals surface area contributed by atoms with Gasteiger partial charge in [-0.05, 0) is 12.6 Å². The third-order valence-electron chi connectivity index (χ3n) is 5.13. The first-order valence-electron chi connectivity index (χ1n) is 9.22. The molecule has 28 heavy (non-hydrogen) atoms. The number of nitrogens with zero attached hydrogens (tertiary/aromatic N) is 6. The number of hydrogen-bond donors (Lipinski definition) is 1. The van der Waals surface area contributed by atoms with E-state index in [0.29, 0.717) is 17.2 Å². The minimum atomic E-state index is -0.401. The Kier molecular flexibility index (Phi) is 5.00. The molecule has 0 amide bonds. The zero-order valence-corrected chi connectivity index (χ0v) is 16.6. The van der Waals surface area contributed by atoms with Crippen LogP contribution in [0.4, 0.5) is 5.69 Å². The Labute approximate surface area is 166 Å². The van der Waals surface area contributed by atoms with E-state index in [1.165, 1.54) is 28.0 Å². The van der Waals surface area contributed by atoms with Gasteiger partial charge in [0.2, 0.25) is 10.8 Å². The van der Waals surface area contributed by atoms with Crippen molar-refractivity contribution in [1.29, 1.82) is 0 Å². The summed E-state index contributed by atoms with van der Waals surface area (Å²) in [4.78, 5) is 21.1. The summed E-state index contributed by atoms with van der Waals surface area (Å²) in [6.45, 7) is 5.49. The molecule has 2 aromatic heterocycles. The topological polar surface area (TPSA) is 100 Å². The maximum atomic E-state index is 11.0. The fourth-order valence-electron chi connectivity index (χ4n) is 3.51. The Hall–Kier alpha value is -2.56. The molecule has 10 heteroatoms. The van der Waals surface area contributed by atoms with Crippen LogP contribution in [0.5, 0.6) is 5.88 Å². The maximum Gasteiger partial charge on any atom is 0.269 e. The van der Waals surface area contributed by atoms with E-state index in [1.54, 1.807) is 12.1 Å². The monoisotopic (exact) mass is 402 g/mol. The Balaban J connectivity index is 1.77. The van der Waals surface area contributed by atoms with Gasteiger partial charge in [-0.3, -0.25) is 15.0 Å². The van der Waals surface area contributed by atoms with Crippen LogP contribution in [0, 0.1) is 10.1 Å². The van der Waals surface area contributed by atoms with Gasteiger partial charge in [0.1, 0.15) is 0 Å². The van der Waals surface area contributed by atoms with Crippen LogP contribution < -0.4 is 0 Å². The first kappa shape index (κ1) is 18.8. The summed E-state index contributed by atoms with van der Waals surface area (Å²) in [5.74, 6) is 0.786. The van der Waals surface area contributed by atoms with E-state index in [0.717, 1.165) is 36.6 Å². The van der Waals surface area contributed by atoms with Crippen molar-refractivity contribution in [3.8, 4) is 5.88 Å². The second-order valence-corrected chi connectivity index (χ2v) is 7.97. The number of likely N-dealkylation sites (N-methyl/N-ethyl adjacent to an activating group) is 1. The van der Waals surface area contributed by atoms with Gasteiger partial charge < -0.3 is 10.0 Å². The van der Waals surface area contributed by atoms with Gasteiger partial charge in [0.15, 0.2) is 5.82 Å². The van der Waals surface area contributed by atoms with Crippen molar-refractivity contribution in [3.05, 3.63) is 50.6 Å². The molecule has 4 rings (SSSR count). The number of non-ortho nitro benzene ring substituents is 1. The van der Waals surface area contributed by atoms with Crippen LogP contribution in [-0.2, 0) is 6.42 Å². The summed E-state index contributed by atoms with van der Waals surface area (Å²) in [5, 5.41) is 26.3. The molecular weight excluding hydrogens is 380 g/mol. The summed E-state index contributed by atoms with van der Waals surface area (Å²) < 4.78 is 1.49. The van der Waals surface area contributed by atoms with Crippen molar-refractivity contribution in [3.63, 3.8) is 0 Å². The zero-order valence-electron chi connectivity index (χ0n) is 15.8. The average molecular weight is 402 g/mol. The molecule has 1 aliphatic heterocycles. The first-order chi connectivity index (χ1) is 13.5. The minimum absolute atomic E-state index is 0.0559. The SMILES string of the molecule is CCc1nc2sc(C(c3ccc([N+](=O)[O-])cc3)N3CCN(C)CC3)c(O)n2n1. The normalized spacial score (nSPS) is 17.2. The standard InChI is InChI=1S/C18H22N6O3S/c1-3-14-19-18-23(20-14)17(25)16(28-18)15(22-10-8-21(2)9-11-22)12-4-6-13(7-5-12)24(26)27/h4-7,15,25H,3,8-11H2,1-2H3. The number of rotatable bonds is 5. The highest BCUT2D eigenvalue weighted by Gasteiger charge is 2.31. The summed E-state index contributed by atoms with van der Waals surface area (Å²) in [6.07, 6.45) is 0.702. The summed E-state index contributed by atoms with van der Waals surface area (Å²) >= 11 is 1.42. The van der Waals surface area contributed by atoms with Gasteiger partial charge in [-0.15, -0.1) is 5.10 Å². The second-order valence-electron chi connectivity index (χ2n) is 6.96. The van der Waals surface area contributed by atoms with Gasteiger partial charge in [0, 0.05) is 44.7 Å². The molecule has 1 aliphatic rings. The van der Waals surface area contributed by atoms with E-state index >= 15 is 0 Å². The maximum absolute atomic E-state index is 11.0. The Morgan fingerprint density at radius 1 is 1.25 bits per heavy atom. The number of nitro groups is 1. The molecule has 1 saturated heterocycles. The Morgan fingerprint density at radius 3 is 2.50 bits per heavy atom. The number of aryl methyl sites for hydroxylation is 1. The third-order valence-corrected chi connectivity index (χ3v) is 6.20. The van der Waals surface area contributed by atoms with Crippen molar-refractivity contribution in [2.75, 3.05) is 33.2 Å². The van der Waals surface area contributed by atoms with E-state index in [9.17, 15) is 15.2 Å². The number of piperazine rings is 1. The van der Waals surface area contributed by atoms with Gasteiger partial charge in [0.25, 0.3) is 5.69 Å². The predicted molar refractivity (Wildman–Crippen MR) is 106 cm³/mol. The lowest BCUT2D eigenvalue weighted by molar-refractivity contribution is -0.384. The van der Waals surface area contributed by atoms with Crippen molar-refractivity contribution in [1.82, 2.24) is 24.4 Å². The van der Waals surface area contributed by atoms with Crippen LogP contribution in [0.2, 0.25) is 0 Å². The molecule has 3 aromatic rings. The molecule has 1 fully saturated rings. The van der Waals surface area contributed by atoms with Crippen molar-refractivity contribution in [2.24, 2.45) is 0 Å². The van der Waals surface area contributed by atoms with Crippen LogP contribution >= 0.6 is 11.3 Å². The van der Waals surface area contributed by atoms with E-state index in [2.05, 4.69) is 26.9 Å². The summed E-state index contributed by atoms with van der Waals surface area (Å²) in [5.41, 5.74) is 0.964. The van der Waals surface area contributed by atoms with E-state index < -0.39 is 4.92 Å². The highest BCUT2D eigenvalue weighted by atomic mass is 32.1. The third kappa shape index (κ3) is 3.34. The van der Waals surface area contributed by atoms with E-state index in [-0.39, 0.29) is 17.6 Å². The van der Waals surface area contributed by atoms with Crippen molar-refractivity contribution < 1.29 is 10.0 Å². The van der Waals surface area contributed by atoms with Crippen LogP contribution in [0.15, 0.2) is 24.3 Å². The number of benzene rings is 1. The van der Waals surface area contributed by atoms with Gasteiger partial charge in [-0.2, -0.15) is 4.52 Å². The molecule has 3 heterocycles. The molecule has 0 spiro atoms. The molecule has 0 bridgehead atoms. The lowest BCUT2D eigenvalue weighted by atomic mass is 10.0. The van der Waals surface area contributed by atoms with Crippen molar-refractivity contribution >= 4 is 22.0 Å². The largest absolute Gasteiger partial charge is 0.492 e. The van der Waals surface area contributed by atoms with Crippen molar-refractivity contribution in [2.45, 2.75) is 19.4 Å². The molecule has 148 valence electrons. The molecule has 1 aromatic carbocycles. The average Bonchev–Trinajstić information content (AvgIpc) is 3.23. The molecule has 1 atom stereocenters. The number of aromatic nitrogens is 3. The molecule has 1 unspecified atom stereocenters. The van der Waals surface area contributed by atoms with E-state index in [1.807, 2.05) is 6.92 Å². The highest BCUT2D eigenvalue weighted by Crippen LogP contribution is 2.40. The zero-order chi connectivity index (χ0) is 19.8. The summed E-state index contributed by atoms with van der Waals surface area (Å²) in [7, 11) is 2.09. The van der Waals surface area contributed by atoms with Crippen LogP contribution in [0.3, 0.4) is 0 Å². The van der Waals surface area contributed by atoms with Crippen LogP contribution in [-0.4, -0.2) is 67.7 Å². The Morgan fingerprint density at radius 2 is 1.93 bits per heavy atom. The van der Waals surface area contributed by atoms with Crippen LogP contribution in [0.25, 0.3) is 4.96 Å². The smallest absolute Gasteiger partial charge is 0.269 e. The quantitative estimate of drug-likeness (QED) is 0.516. The van der Waals surface area contributed by atoms with Gasteiger partial charge >= 0.3 is 0 Å². The number of aromatic hydroxyl groups is 1. The molecule has 9 nitrogen and oxygen atoms in total. The number of nitro benzene ring substituents is 1. The fraction of sp³-hybridized carbons (Fsp3) is 0.444. The number of hydrogen-bond acceptors (Lipinski definition) is 8. The second kappa shape index (κ2) is 7.46. The number of fused-ring (bicyclic) bond motifs is 1. The van der Waals surface area contributed by atoms with E-state index in [4.69, 9.17) is 0 Å². The molecule has 1 N–H and O–H groups in total. The first-order valence-corrected chi connectivity index (χ1v) is 10.0.